The van der Waals surface area contributed by atoms with Gasteiger partial charge >= 0.3 is 0 Å². The van der Waals surface area contributed by atoms with Crippen LogP contribution >= 0.6 is 0 Å². The molecule has 0 spiro atoms. The van der Waals surface area contributed by atoms with Crippen LogP contribution in [-0.4, -0.2) is 49.1 Å². The number of benzene rings is 1. The molecule has 2 aliphatic heterocycles. The average Bonchev–Trinajstić information content (AvgIpc) is 2.83. The molecule has 0 radical (unpaired) electrons. The monoisotopic (exact) mass is 344 g/mol. The van der Waals surface area contributed by atoms with E-state index in [2.05, 4.69) is 5.32 Å². The van der Waals surface area contributed by atoms with Gasteiger partial charge in [-0.3, -0.25) is 9.59 Å². The number of ether oxygens (including phenoxy) is 1. The number of amides is 2. The highest BCUT2D eigenvalue weighted by molar-refractivity contribution is 5.88. The standard InChI is InChI=1S/C20H28N2O3/c23-19(8-7-16-9-13-25-14-10-16)22-12-4-11-21-20(24)18(22)15-17-5-2-1-3-6-17/h1-3,5-6,16,18H,4,7-15H2,(H,21,24). The van der Waals surface area contributed by atoms with Crippen LogP contribution in [0.15, 0.2) is 30.3 Å². The molecule has 5 nitrogen and oxygen atoms in total. The smallest absolute Gasteiger partial charge is 0.243 e. The van der Waals surface area contributed by atoms with Crippen molar-refractivity contribution in [1.29, 1.82) is 0 Å². The first-order chi connectivity index (χ1) is 12.2. The second kappa shape index (κ2) is 8.99. The van der Waals surface area contributed by atoms with Crippen molar-refractivity contribution in [2.24, 2.45) is 5.92 Å². The van der Waals surface area contributed by atoms with E-state index >= 15 is 0 Å². The maximum absolute atomic E-state index is 12.9. The zero-order valence-electron chi connectivity index (χ0n) is 14.8. The van der Waals surface area contributed by atoms with Gasteiger partial charge in [0.25, 0.3) is 0 Å². The quantitative estimate of drug-likeness (QED) is 0.890. The summed E-state index contributed by atoms with van der Waals surface area (Å²) < 4.78 is 5.39. The van der Waals surface area contributed by atoms with Crippen LogP contribution in [0.5, 0.6) is 0 Å². The highest BCUT2D eigenvalue weighted by Gasteiger charge is 2.31. The van der Waals surface area contributed by atoms with Gasteiger partial charge in [0.1, 0.15) is 6.04 Å². The fraction of sp³-hybridized carbons (Fsp3) is 0.600. The van der Waals surface area contributed by atoms with Crippen molar-refractivity contribution in [3.8, 4) is 0 Å². The summed E-state index contributed by atoms with van der Waals surface area (Å²) >= 11 is 0. The lowest BCUT2D eigenvalue weighted by molar-refractivity contribution is -0.139. The van der Waals surface area contributed by atoms with E-state index < -0.39 is 6.04 Å². The molecule has 0 aliphatic carbocycles. The van der Waals surface area contributed by atoms with Crippen LogP contribution in [0.25, 0.3) is 0 Å². The van der Waals surface area contributed by atoms with Gasteiger partial charge in [-0.05, 0) is 37.2 Å². The Morgan fingerprint density at radius 1 is 1.20 bits per heavy atom. The molecule has 1 unspecified atom stereocenters. The number of hydrogen-bond acceptors (Lipinski definition) is 3. The number of rotatable bonds is 5. The van der Waals surface area contributed by atoms with E-state index in [1.165, 1.54) is 0 Å². The first kappa shape index (κ1) is 17.9. The summed E-state index contributed by atoms with van der Waals surface area (Å²) in [5, 5.41) is 2.96. The van der Waals surface area contributed by atoms with E-state index in [-0.39, 0.29) is 11.8 Å². The summed E-state index contributed by atoms with van der Waals surface area (Å²) in [5.74, 6) is 0.663. The van der Waals surface area contributed by atoms with E-state index in [0.29, 0.717) is 31.8 Å². The highest BCUT2D eigenvalue weighted by atomic mass is 16.5. The highest BCUT2D eigenvalue weighted by Crippen LogP contribution is 2.22. The van der Waals surface area contributed by atoms with Crippen LogP contribution in [0.2, 0.25) is 0 Å². The lowest BCUT2D eigenvalue weighted by atomic mass is 9.94. The summed E-state index contributed by atoms with van der Waals surface area (Å²) in [6.07, 6.45) is 4.92. The van der Waals surface area contributed by atoms with Crippen molar-refractivity contribution < 1.29 is 14.3 Å². The number of carbonyl (C=O) groups is 2. The summed E-state index contributed by atoms with van der Waals surface area (Å²) in [6, 6.07) is 9.55. The van der Waals surface area contributed by atoms with Gasteiger partial charge in [0, 0.05) is 39.1 Å². The predicted molar refractivity (Wildman–Crippen MR) is 96.1 cm³/mol. The summed E-state index contributed by atoms with van der Waals surface area (Å²) in [5.41, 5.74) is 1.09. The molecule has 1 aromatic carbocycles. The molecule has 0 bridgehead atoms. The Labute approximate surface area is 149 Å². The fourth-order valence-corrected chi connectivity index (χ4v) is 3.72. The van der Waals surface area contributed by atoms with Gasteiger partial charge in [-0.1, -0.05) is 30.3 Å². The minimum Gasteiger partial charge on any atom is -0.381 e. The van der Waals surface area contributed by atoms with Gasteiger partial charge in [0.2, 0.25) is 11.8 Å². The molecule has 1 aromatic rings. The van der Waals surface area contributed by atoms with E-state index in [1.807, 2.05) is 35.2 Å². The number of nitrogens with zero attached hydrogens (tertiary/aromatic N) is 1. The normalized spacial score (nSPS) is 22.3. The third-order valence-corrected chi connectivity index (χ3v) is 5.25. The first-order valence-corrected chi connectivity index (χ1v) is 9.43. The van der Waals surface area contributed by atoms with Gasteiger partial charge in [-0.25, -0.2) is 0 Å². The molecule has 1 N–H and O–H groups in total. The van der Waals surface area contributed by atoms with Crippen LogP contribution in [0.1, 0.15) is 37.7 Å². The predicted octanol–water partition coefficient (Wildman–Crippen LogP) is 2.15. The number of nitrogens with one attached hydrogen (secondary N) is 1. The molecule has 136 valence electrons. The Kier molecular flexibility index (Phi) is 6.45. The first-order valence-electron chi connectivity index (χ1n) is 9.43. The van der Waals surface area contributed by atoms with Gasteiger partial charge in [-0.15, -0.1) is 0 Å². The maximum Gasteiger partial charge on any atom is 0.243 e. The Hall–Kier alpha value is -1.88. The van der Waals surface area contributed by atoms with Gasteiger partial charge in [0.15, 0.2) is 0 Å². The fourth-order valence-electron chi connectivity index (χ4n) is 3.72. The molecular formula is C20H28N2O3. The second-order valence-corrected chi connectivity index (χ2v) is 7.03. The van der Waals surface area contributed by atoms with Crippen molar-refractivity contribution in [3.63, 3.8) is 0 Å². The van der Waals surface area contributed by atoms with E-state index in [9.17, 15) is 9.59 Å². The molecular weight excluding hydrogens is 316 g/mol. The molecule has 2 fully saturated rings. The summed E-state index contributed by atoms with van der Waals surface area (Å²) in [6.45, 7) is 2.92. The summed E-state index contributed by atoms with van der Waals surface area (Å²) in [4.78, 5) is 27.2. The summed E-state index contributed by atoms with van der Waals surface area (Å²) in [7, 11) is 0. The lowest BCUT2D eigenvalue weighted by Gasteiger charge is -2.30. The van der Waals surface area contributed by atoms with Gasteiger partial charge in [-0.2, -0.15) is 0 Å². The number of carbonyl (C=O) groups excluding carboxylic acids is 2. The molecule has 25 heavy (non-hydrogen) atoms. The van der Waals surface area contributed by atoms with E-state index in [0.717, 1.165) is 44.5 Å². The van der Waals surface area contributed by atoms with Crippen LogP contribution in [0, 0.1) is 5.92 Å². The number of hydrogen-bond donors (Lipinski definition) is 1. The van der Waals surface area contributed by atoms with Crippen molar-refractivity contribution in [3.05, 3.63) is 35.9 Å². The van der Waals surface area contributed by atoms with Crippen LogP contribution in [0.4, 0.5) is 0 Å². The topological polar surface area (TPSA) is 58.6 Å². The Bertz CT molecular complexity index is 570. The maximum atomic E-state index is 12.9. The zero-order chi connectivity index (χ0) is 17.5. The molecule has 2 aliphatic rings. The van der Waals surface area contributed by atoms with Crippen molar-refractivity contribution in [1.82, 2.24) is 10.2 Å². The van der Waals surface area contributed by atoms with E-state index in [1.54, 1.807) is 0 Å². The van der Waals surface area contributed by atoms with E-state index in [4.69, 9.17) is 4.74 Å². The second-order valence-electron chi connectivity index (χ2n) is 7.03. The Morgan fingerprint density at radius 2 is 1.96 bits per heavy atom. The Balaban J connectivity index is 1.64. The van der Waals surface area contributed by atoms with Crippen molar-refractivity contribution in [2.45, 2.75) is 44.6 Å². The zero-order valence-corrected chi connectivity index (χ0v) is 14.8. The van der Waals surface area contributed by atoms with Crippen molar-refractivity contribution in [2.75, 3.05) is 26.3 Å². The lowest BCUT2D eigenvalue weighted by Crippen LogP contribution is -2.48. The van der Waals surface area contributed by atoms with Crippen molar-refractivity contribution >= 4 is 11.8 Å². The van der Waals surface area contributed by atoms with Gasteiger partial charge in [0.05, 0.1) is 0 Å². The molecule has 2 amide bonds. The van der Waals surface area contributed by atoms with Crippen LogP contribution in [0.3, 0.4) is 0 Å². The Morgan fingerprint density at radius 3 is 2.72 bits per heavy atom. The molecule has 2 saturated heterocycles. The largest absolute Gasteiger partial charge is 0.381 e. The molecule has 1 atom stereocenters. The minimum absolute atomic E-state index is 0.0271. The third-order valence-electron chi connectivity index (χ3n) is 5.25. The average molecular weight is 344 g/mol. The third kappa shape index (κ3) is 5.05. The molecule has 2 heterocycles. The molecule has 0 aromatic heterocycles. The van der Waals surface area contributed by atoms with Gasteiger partial charge < -0.3 is 15.0 Å². The SMILES string of the molecule is O=C1NCCCN(C(=O)CCC2CCOCC2)C1Cc1ccccc1. The van der Waals surface area contributed by atoms with Crippen LogP contribution in [-0.2, 0) is 20.7 Å². The minimum atomic E-state index is -0.396. The molecule has 3 rings (SSSR count). The molecule has 0 saturated carbocycles. The van der Waals surface area contributed by atoms with Crippen LogP contribution < -0.4 is 5.32 Å². The molecule has 5 heteroatoms.